The van der Waals surface area contributed by atoms with E-state index in [-0.39, 0.29) is 12.6 Å². The van der Waals surface area contributed by atoms with E-state index in [4.69, 9.17) is 10.5 Å². The van der Waals surface area contributed by atoms with Crippen molar-refractivity contribution in [2.45, 2.75) is 41.2 Å². The highest BCUT2D eigenvalue weighted by atomic mass is 16.5. The second kappa shape index (κ2) is 6.64. The third-order valence-corrected chi connectivity index (χ3v) is 3.76. The summed E-state index contributed by atoms with van der Waals surface area (Å²) < 4.78 is 6.69. The normalized spacial score (nSPS) is 11.2. The maximum absolute atomic E-state index is 11.1. The van der Waals surface area contributed by atoms with Crippen LogP contribution in [0.1, 0.15) is 40.4 Å². The molecule has 0 unspecified atom stereocenters. The van der Waals surface area contributed by atoms with Crippen LogP contribution in [0, 0.1) is 27.7 Å². The minimum absolute atomic E-state index is 0.264. The molecule has 0 radical (unpaired) electrons. The van der Waals surface area contributed by atoms with Gasteiger partial charge in [-0.05, 0) is 49.9 Å². The number of aryl methyl sites for hydroxylation is 3. The minimum Gasteiger partial charge on any atom is -0.461 e. The van der Waals surface area contributed by atoms with Gasteiger partial charge in [0.2, 0.25) is 5.95 Å². The SMILES string of the molecule is CC(=O)OCc1c(C)cc(C)c(C=Nn2cc(C)nc2N)c1C. The Bertz CT molecular complexity index is 775. The number of hydrogen-bond donors (Lipinski definition) is 1. The summed E-state index contributed by atoms with van der Waals surface area (Å²) in [4.78, 5) is 15.2. The van der Waals surface area contributed by atoms with Crippen LogP contribution in [0.5, 0.6) is 0 Å². The minimum atomic E-state index is -0.291. The number of esters is 1. The lowest BCUT2D eigenvalue weighted by atomic mass is 9.94. The predicted octanol–water partition coefficient (Wildman–Crippen LogP) is 2.64. The number of nitrogens with two attached hydrogens (primary N) is 1. The number of aromatic nitrogens is 2. The van der Waals surface area contributed by atoms with Crippen molar-refractivity contribution >= 4 is 18.1 Å². The van der Waals surface area contributed by atoms with Gasteiger partial charge in [-0.1, -0.05) is 6.07 Å². The Morgan fingerprint density at radius 3 is 2.61 bits per heavy atom. The first-order chi connectivity index (χ1) is 10.8. The molecule has 0 aliphatic carbocycles. The van der Waals surface area contributed by atoms with Gasteiger partial charge in [0.25, 0.3) is 0 Å². The summed E-state index contributed by atoms with van der Waals surface area (Å²) in [5, 5.41) is 4.38. The monoisotopic (exact) mass is 314 g/mol. The Labute approximate surface area is 136 Å². The van der Waals surface area contributed by atoms with Crippen molar-refractivity contribution < 1.29 is 9.53 Å². The number of nitrogens with zero attached hydrogens (tertiary/aromatic N) is 3. The molecular formula is C17H22N4O2. The smallest absolute Gasteiger partial charge is 0.302 e. The van der Waals surface area contributed by atoms with Crippen molar-refractivity contribution in [1.29, 1.82) is 0 Å². The number of rotatable bonds is 4. The summed E-state index contributed by atoms with van der Waals surface area (Å²) >= 11 is 0. The molecule has 0 aliphatic heterocycles. The van der Waals surface area contributed by atoms with Crippen molar-refractivity contribution in [3.05, 3.63) is 45.8 Å². The van der Waals surface area contributed by atoms with Gasteiger partial charge in [-0.25, -0.2) is 9.66 Å². The van der Waals surface area contributed by atoms with Gasteiger partial charge < -0.3 is 10.5 Å². The van der Waals surface area contributed by atoms with Gasteiger partial charge in [0.1, 0.15) is 6.61 Å². The topological polar surface area (TPSA) is 82.5 Å². The molecule has 0 amide bonds. The molecule has 0 bridgehead atoms. The van der Waals surface area contributed by atoms with Crippen molar-refractivity contribution in [3.63, 3.8) is 0 Å². The summed E-state index contributed by atoms with van der Waals surface area (Å²) in [7, 11) is 0. The number of benzene rings is 1. The van der Waals surface area contributed by atoms with Crippen molar-refractivity contribution in [2.24, 2.45) is 5.10 Å². The van der Waals surface area contributed by atoms with E-state index in [2.05, 4.69) is 16.2 Å². The molecule has 1 aromatic heterocycles. The molecule has 0 atom stereocenters. The quantitative estimate of drug-likeness (QED) is 0.694. The highest BCUT2D eigenvalue weighted by molar-refractivity contribution is 5.84. The van der Waals surface area contributed by atoms with E-state index in [1.54, 1.807) is 17.1 Å². The summed E-state index contributed by atoms with van der Waals surface area (Å²) in [6, 6.07) is 2.07. The lowest BCUT2D eigenvalue weighted by Crippen LogP contribution is -2.06. The van der Waals surface area contributed by atoms with Crippen LogP contribution in [0.2, 0.25) is 0 Å². The van der Waals surface area contributed by atoms with E-state index < -0.39 is 0 Å². The second-order valence-electron chi connectivity index (χ2n) is 5.64. The molecule has 0 saturated heterocycles. The lowest BCUT2D eigenvalue weighted by molar-refractivity contribution is -0.142. The molecule has 1 heterocycles. The molecule has 2 N–H and O–H groups in total. The fourth-order valence-corrected chi connectivity index (χ4v) is 2.55. The fraction of sp³-hybridized carbons (Fsp3) is 0.353. The largest absolute Gasteiger partial charge is 0.461 e. The molecule has 23 heavy (non-hydrogen) atoms. The van der Waals surface area contributed by atoms with Gasteiger partial charge in [0, 0.05) is 12.5 Å². The molecule has 0 spiro atoms. The third-order valence-electron chi connectivity index (χ3n) is 3.76. The van der Waals surface area contributed by atoms with E-state index in [1.165, 1.54) is 6.92 Å². The third kappa shape index (κ3) is 3.77. The number of imidazole rings is 1. The van der Waals surface area contributed by atoms with Crippen LogP contribution in [0.3, 0.4) is 0 Å². The zero-order valence-corrected chi connectivity index (χ0v) is 14.2. The number of nitrogen functional groups attached to an aromatic ring is 1. The molecular weight excluding hydrogens is 292 g/mol. The van der Waals surface area contributed by atoms with Gasteiger partial charge in [-0.2, -0.15) is 5.10 Å². The fourth-order valence-electron chi connectivity index (χ4n) is 2.55. The zero-order chi connectivity index (χ0) is 17.1. The molecule has 122 valence electrons. The first-order valence-electron chi connectivity index (χ1n) is 7.38. The Morgan fingerprint density at radius 2 is 2.04 bits per heavy atom. The summed E-state index contributed by atoms with van der Waals surface area (Å²) in [6.45, 7) is 9.58. The molecule has 2 rings (SSSR count). The van der Waals surface area contributed by atoms with Crippen LogP contribution in [0.4, 0.5) is 5.95 Å². The molecule has 1 aromatic carbocycles. The van der Waals surface area contributed by atoms with Gasteiger partial charge in [0.15, 0.2) is 0 Å². The molecule has 2 aromatic rings. The predicted molar refractivity (Wildman–Crippen MR) is 90.5 cm³/mol. The van der Waals surface area contributed by atoms with E-state index in [1.807, 2.05) is 27.7 Å². The van der Waals surface area contributed by atoms with Crippen LogP contribution in [0.25, 0.3) is 0 Å². The van der Waals surface area contributed by atoms with Crippen LogP contribution in [-0.2, 0) is 16.1 Å². The highest BCUT2D eigenvalue weighted by Crippen LogP contribution is 2.22. The molecule has 6 heteroatoms. The van der Waals surface area contributed by atoms with Crippen LogP contribution in [0.15, 0.2) is 17.4 Å². The zero-order valence-electron chi connectivity index (χ0n) is 14.2. The standard InChI is InChI=1S/C17H22N4O2/c1-10-6-11(2)16(9-23-14(5)22)13(4)15(10)7-19-21-8-12(3)20-17(21)18/h6-8H,9H2,1-5H3,(H2,18,20). The Morgan fingerprint density at radius 1 is 1.35 bits per heavy atom. The molecule has 0 aliphatic rings. The van der Waals surface area contributed by atoms with Crippen molar-refractivity contribution in [2.75, 3.05) is 5.73 Å². The highest BCUT2D eigenvalue weighted by Gasteiger charge is 2.11. The summed E-state index contributed by atoms with van der Waals surface area (Å²) in [6.07, 6.45) is 3.53. The number of hydrogen-bond acceptors (Lipinski definition) is 5. The van der Waals surface area contributed by atoms with E-state index >= 15 is 0 Å². The van der Waals surface area contributed by atoms with Gasteiger partial charge in [-0.3, -0.25) is 4.79 Å². The Hall–Kier alpha value is -2.63. The first kappa shape index (κ1) is 16.7. The number of carbonyl (C=O) groups is 1. The maximum atomic E-state index is 11.1. The van der Waals surface area contributed by atoms with Crippen LogP contribution < -0.4 is 5.73 Å². The molecule has 6 nitrogen and oxygen atoms in total. The summed E-state index contributed by atoms with van der Waals surface area (Å²) in [5.41, 5.74) is 11.8. The van der Waals surface area contributed by atoms with Gasteiger partial charge in [0.05, 0.1) is 18.1 Å². The van der Waals surface area contributed by atoms with Crippen LogP contribution >= 0.6 is 0 Å². The van der Waals surface area contributed by atoms with Gasteiger partial charge >= 0.3 is 5.97 Å². The molecule has 0 fully saturated rings. The number of ether oxygens (including phenoxy) is 1. The van der Waals surface area contributed by atoms with Gasteiger partial charge in [-0.15, -0.1) is 0 Å². The van der Waals surface area contributed by atoms with Crippen LogP contribution in [-0.4, -0.2) is 21.8 Å². The van der Waals surface area contributed by atoms with E-state index in [9.17, 15) is 4.79 Å². The number of carbonyl (C=O) groups excluding carboxylic acids is 1. The average molecular weight is 314 g/mol. The second-order valence-corrected chi connectivity index (χ2v) is 5.64. The summed E-state index contributed by atoms with van der Waals surface area (Å²) in [5.74, 6) is 0.0579. The maximum Gasteiger partial charge on any atom is 0.302 e. The van der Waals surface area contributed by atoms with E-state index in [0.29, 0.717) is 5.95 Å². The van der Waals surface area contributed by atoms with Crippen molar-refractivity contribution in [1.82, 2.24) is 9.66 Å². The first-order valence-corrected chi connectivity index (χ1v) is 7.38. The van der Waals surface area contributed by atoms with E-state index in [0.717, 1.165) is 33.5 Å². The Kier molecular flexibility index (Phi) is 4.83. The number of anilines is 1. The average Bonchev–Trinajstić information content (AvgIpc) is 2.76. The Balaban J connectivity index is 2.39. The van der Waals surface area contributed by atoms with Crippen molar-refractivity contribution in [3.8, 4) is 0 Å². The molecule has 0 saturated carbocycles. The lowest BCUT2D eigenvalue weighted by Gasteiger charge is -2.15.